The van der Waals surface area contributed by atoms with E-state index >= 15 is 0 Å². The number of hydrogen-bond acceptors (Lipinski definition) is 4. The summed E-state index contributed by atoms with van der Waals surface area (Å²) >= 11 is 3.13. The molecule has 2 N–H and O–H groups in total. The highest BCUT2D eigenvalue weighted by molar-refractivity contribution is 7.98. The first-order chi connectivity index (χ1) is 6.72. The Morgan fingerprint density at radius 1 is 1.79 bits per heavy atom. The molecule has 1 aromatic rings. The van der Waals surface area contributed by atoms with Gasteiger partial charge in [0, 0.05) is 11.1 Å². The van der Waals surface area contributed by atoms with Gasteiger partial charge < -0.3 is 5.11 Å². The number of carboxylic acid groups (broad SMARTS) is 1. The van der Waals surface area contributed by atoms with Crippen molar-refractivity contribution in [1.82, 2.24) is 4.98 Å². The molecule has 14 heavy (non-hydrogen) atoms. The van der Waals surface area contributed by atoms with E-state index in [1.54, 1.807) is 0 Å². The molecule has 0 aliphatic rings. The van der Waals surface area contributed by atoms with Crippen molar-refractivity contribution in [1.29, 1.82) is 0 Å². The second-order valence-corrected chi connectivity index (χ2v) is 4.59. The third-order valence-electron chi connectivity index (χ3n) is 1.36. The molecule has 1 aromatic heterocycles. The molecule has 0 radical (unpaired) electrons. The number of rotatable bonds is 5. The Kier molecular flexibility index (Phi) is 4.75. The normalized spacial score (nSPS) is 10.1. The smallest absolute Gasteiger partial charge is 0.410 e. The van der Waals surface area contributed by atoms with E-state index in [9.17, 15) is 4.79 Å². The molecule has 0 saturated carbocycles. The molecule has 4 nitrogen and oxygen atoms in total. The van der Waals surface area contributed by atoms with Gasteiger partial charge >= 0.3 is 6.09 Å². The predicted octanol–water partition coefficient (Wildman–Crippen LogP) is 2.88. The lowest BCUT2D eigenvalue weighted by Crippen LogP contribution is -2.06. The van der Waals surface area contributed by atoms with Gasteiger partial charge in [0.2, 0.25) is 0 Å². The van der Waals surface area contributed by atoms with E-state index in [0.717, 1.165) is 23.6 Å². The summed E-state index contributed by atoms with van der Waals surface area (Å²) in [5.41, 5.74) is 0.942. The molecular weight excluding hydrogens is 220 g/mol. The largest absolute Gasteiger partial charge is 0.465 e. The second kappa shape index (κ2) is 5.87. The average molecular weight is 232 g/mol. The van der Waals surface area contributed by atoms with Gasteiger partial charge in [0.25, 0.3) is 0 Å². The monoisotopic (exact) mass is 232 g/mol. The fraction of sp³-hybridized carbons (Fsp3) is 0.500. The van der Waals surface area contributed by atoms with Crippen LogP contribution in [0.1, 0.15) is 19.0 Å². The van der Waals surface area contributed by atoms with Crippen molar-refractivity contribution >= 4 is 34.3 Å². The fourth-order valence-electron chi connectivity index (χ4n) is 0.843. The van der Waals surface area contributed by atoms with Crippen LogP contribution < -0.4 is 5.32 Å². The Labute approximate surface area is 90.7 Å². The first kappa shape index (κ1) is 11.3. The highest BCUT2D eigenvalue weighted by atomic mass is 32.2. The number of amides is 1. The van der Waals surface area contributed by atoms with E-state index in [4.69, 9.17) is 5.11 Å². The van der Waals surface area contributed by atoms with Crippen LogP contribution in [0.25, 0.3) is 0 Å². The molecule has 0 atom stereocenters. The summed E-state index contributed by atoms with van der Waals surface area (Å²) in [5.74, 6) is 1.96. The number of thioether (sulfide) groups is 1. The standard InChI is InChI=1S/C8H12N2O2S2/c1-2-3-13-4-6-5-14-7(9-6)10-8(11)12/h5H,2-4H2,1H3,(H,9,10)(H,11,12). The number of aromatic nitrogens is 1. The third-order valence-corrected chi connectivity index (χ3v) is 3.37. The van der Waals surface area contributed by atoms with Crippen molar-refractivity contribution in [3.8, 4) is 0 Å². The van der Waals surface area contributed by atoms with E-state index in [0.29, 0.717) is 5.13 Å². The molecule has 0 saturated heterocycles. The molecule has 0 unspecified atom stereocenters. The first-order valence-corrected chi connectivity index (χ1v) is 6.28. The van der Waals surface area contributed by atoms with Crippen LogP contribution in [-0.4, -0.2) is 21.9 Å². The van der Waals surface area contributed by atoms with Crippen molar-refractivity contribution in [3.05, 3.63) is 11.1 Å². The van der Waals surface area contributed by atoms with Gasteiger partial charge in [-0.2, -0.15) is 11.8 Å². The van der Waals surface area contributed by atoms with Crippen molar-refractivity contribution in [2.24, 2.45) is 0 Å². The van der Waals surface area contributed by atoms with Gasteiger partial charge in [0.15, 0.2) is 5.13 Å². The second-order valence-electron chi connectivity index (χ2n) is 2.63. The molecule has 0 bridgehead atoms. The molecule has 78 valence electrons. The lowest BCUT2D eigenvalue weighted by Gasteiger charge is -1.95. The summed E-state index contributed by atoms with van der Waals surface area (Å²) in [7, 11) is 0. The van der Waals surface area contributed by atoms with E-state index in [-0.39, 0.29) is 0 Å². The maximum atomic E-state index is 10.3. The van der Waals surface area contributed by atoms with Crippen molar-refractivity contribution < 1.29 is 9.90 Å². The third kappa shape index (κ3) is 3.97. The highest BCUT2D eigenvalue weighted by Gasteiger charge is 2.03. The van der Waals surface area contributed by atoms with Crippen LogP contribution in [0.5, 0.6) is 0 Å². The summed E-state index contributed by atoms with van der Waals surface area (Å²) < 4.78 is 0. The molecule has 0 aliphatic heterocycles. The van der Waals surface area contributed by atoms with Crippen LogP contribution in [0.15, 0.2) is 5.38 Å². The quantitative estimate of drug-likeness (QED) is 0.766. The zero-order valence-electron chi connectivity index (χ0n) is 7.82. The zero-order chi connectivity index (χ0) is 10.4. The SMILES string of the molecule is CCCSCc1csc(NC(=O)O)n1. The Hall–Kier alpha value is -0.750. The molecule has 0 spiro atoms. The topological polar surface area (TPSA) is 62.2 Å². The van der Waals surface area contributed by atoms with Crippen LogP contribution in [0.4, 0.5) is 9.93 Å². The van der Waals surface area contributed by atoms with Crippen molar-refractivity contribution in [2.45, 2.75) is 19.1 Å². The van der Waals surface area contributed by atoms with Gasteiger partial charge in [0.1, 0.15) is 0 Å². The molecule has 0 aliphatic carbocycles. The van der Waals surface area contributed by atoms with Crippen LogP contribution >= 0.6 is 23.1 Å². The minimum atomic E-state index is -1.06. The van der Waals surface area contributed by atoms with Gasteiger partial charge in [-0.1, -0.05) is 6.92 Å². The van der Waals surface area contributed by atoms with Crippen molar-refractivity contribution in [2.75, 3.05) is 11.1 Å². The zero-order valence-corrected chi connectivity index (χ0v) is 9.45. The Bertz CT molecular complexity index is 301. The van der Waals surface area contributed by atoms with E-state index in [1.807, 2.05) is 17.1 Å². The minimum Gasteiger partial charge on any atom is -0.465 e. The van der Waals surface area contributed by atoms with Crippen LogP contribution in [-0.2, 0) is 5.75 Å². The summed E-state index contributed by atoms with van der Waals surface area (Å²) in [4.78, 5) is 14.4. The van der Waals surface area contributed by atoms with Gasteiger partial charge in [0.05, 0.1) is 5.69 Å². The number of nitrogens with one attached hydrogen (secondary N) is 1. The van der Waals surface area contributed by atoms with Crippen molar-refractivity contribution in [3.63, 3.8) is 0 Å². The molecule has 0 fully saturated rings. The van der Waals surface area contributed by atoms with Crippen LogP contribution in [0.3, 0.4) is 0 Å². The van der Waals surface area contributed by atoms with E-state index < -0.39 is 6.09 Å². The van der Waals surface area contributed by atoms with Crippen LogP contribution in [0, 0.1) is 0 Å². The van der Waals surface area contributed by atoms with Gasteiger partial charge in [-0.25, -0.2) is 9.78 Å². The predicted molar refractivity (Wildman–Crippen MR) is 60.2 cm³/mol. The Morgan fingerprint density at radius 3 is 3.21 bits per heavy atom. The summed E-state index contributed by atoms with van der Waals surface area (Å²) in [5, 5.41) is 13.0. The fourth-order valence-corrected chi connectivity index (χ4v) is 2.44. The number of nitrogens with zero attached hydrogens (tertiary/aromatic N) is 1. The van der Waals surface area contributed by atoms with E-state index in [2.05, 4.69) is 17.2 Å². The summed E-state index contributed by atoms with van der Waals surface area (Å²) in [6.45, 7) is 2.13. The summed E-state index contributed by atoms with van der Waals surface area (Å²) in [6.07, 6.45) is 0.0850. The lowest BCUT2D eigenvalue weighted by molar-refractivity contribution is 0.209. The Balaban J connectivity index is 2.38. The highest BCUT2D eigenvalue weighted by Crippen LogP contribution is 2.19. The van der Waals surface area contributed by atoms with Crippen LogP contribution in [0.2, 0.25) is 0 Å². The maximum Gasteiger partial charge on any atom is 0.410 e. The number of anilines is 1. The molecule has 6 heteroatoms. The number of carbonyl (C=O) groups is 1. The first-order valence-electron chi connectivity index (χ1n) is 4.24. The molecule has 0 aromatic carbocycles. The Morgan fingerprint density at radius 2 is 2.57 bits per heavy atom. The molecule has 1 rings (SSSR count). The van der Waals surface area contributed by atoms with E-state index in [1.165, 1.54) is 11.3 Å². The minimum absolute atomic E-state index is 0.449. The maximum absolute atomic E-state index is 10.3. The van der Waals surface area contributed by atoms with Gasteiger partial charge in [-0.3, -0.25) is 5.32 Å². The molecule has 1 amide bonds. The number of hydrogen-bond donors (Lipinski definition) is 2. The lowest BCUT2D eigenvalue weighted by atomic mass is 10.6. The summed E-state index contributed by atoms with van der Waals surface area (Å²) in [6, 6.07) is 0. The average Bonchev–Trinajstić information content (AvgIpc) is 2.52. The van der Waals surface area contributed by atoms with Gasteiger partial charge in [-0.05, 0) is 12.2 Å². The molecule has 1 heterocycles. The van der Waals surface area contributed by atoms with Gasteiger partial charge in [-0.15, -0.1) is 11.3 Å². The molecular formula is C8H12N2O2S2. The number of thiazole rings is 1.